The second-order valence-electron chi connectivity index (χ2n) is 10.6. The number of nitrogens with one attached hydrogen (secondary N) is 1. The van der Waals surface area contributed by atoms with Gasteiger partial charge in [0, 0.05) is 11.6 Å². The fourth-order valence-electron chi connectivity index (χ4n) is 4.97. The summed E-state index contributed by atoms with van der Waals surface area (Å²) in [5.41, 5.74) is 7.11. The molecule has 0 saturated carbocycles. The first-order chi connectivity index (χ1) is 18.9. The number of alkyl carbamates (subject to hydrolysis) is 1. The molecule has 0 heterocycles. The first-order valence-electron chi connectivity index (χ1n) is 12.8. The van der Waals surface area contributed by atoms with E-state index >= 15 is 0 Å². The maximum absolute atomic E-state index is 14.8. The summed E-state index contributed by atoms with van der Waals surface area (Å²) in [5, 5.41) is 13.3. The Balaban J connectivity index is 1.76. The molecule has 0 fully saturated rings. The van der Waals surface area contributed by atoms with Gasteiger partial charge in [-0.2, -0.15) is 0 Å². The Hall–Kier alpha value is -4.11. The predicted molar refractivity (Wildman–Crippen MR) is 148 cm³/mol. The van der Waals surface area contributed by atoms with Crippen LogP contribution >= 0.6 is 11.6 Å². The molecule has 0 saturated heterocycles. The first-order valence-corrected chi connectivity index (χ1v) is 13.2. The summed E-state index contributed by atoms with van der Waals surface area (Å²) in [6, 6.07) is 13.5. The summed E-state index contributed by atoms with van der Waals surface area (Å²) in [6.45, 7) is 5.34. The maximum atomic E-state index is 14.8. The molecule has 1 aliphatic carbocycles. The third kappa shape index (κ3) is 6.37. The molecule has 2 atom stereocenters. The van der Waals surface area contributed by atoms with Crippen LogP contribution in [0.5, 0.6) is 5.75 Å². The number of primary amides is 1. The molecule has 0 aliphatic heterocycles. The highest BCUT2D eigenvalue weighted by atomic mass is 35.5. The monoisotopic (exact) mass is 567 g/mol. The minimum atomic E-state index is -1.29. The molecule has 40 heavy (non-hydrogen) atoms. The van der Waals surface area contributed by atoms with Crippen LogP contribution in [0.3, 0.4) is 0 Å². The number of hydrogen-bond acceptors (Lipinski definition) is 5. The van der Waals surface area contributed by atoms with Crippen LogP contribution in [0.4, 0.5) is 9.18 Å². The highest BCUT2D eigenvalue weighted by Gasteiger charge is 2.41. The molecule has 0 radical (unpaired) electrons. The Morgan fingerprint density at radius 2 is 1.88 bits per heavy atom. The number of fused-ring (bicyclic) bond motifs is 1. The summed E-state index contributed by atoms with van der Waals surface area (Å²) >= 11 is 6.18. The van der Waals surface area contributed by atoms with Gasteiger partial charge in [0.15, 0.2) is 0 Å². The van der Waals surface area contributed by atoms with Crippen molar-refractivity contribution in [1.29, 1.82) is 0 Å². The number of aromatic hydroxyl groups is 1. The molecule has 4 rings (SSSR count). The first kappa shape index (κ1) is 28.9. The number of nitrogens with two attached hydrogens (primary N) is 1. The van der Waals surface area contributed by atoms with E-state index in [9.17, 15) is 23.9 Å². The minimum absolute atomic E-state index is 0.0348. The second-order valence-corrected chi connectivity index (χ2v) is 11.1. The average Bonchev–Trinajstić information content (AvgIpc) is 3.28. The van der Waals surface area contributed by atoms with E-state index in [0.717, 1.165) is 0 Å². The number of amides is 3. The molecule has 3 aromatic carbocycles. The molecular weight excluding hydrogens is 537 g/mol. The van der Waals surface area contributed by atoms with Crippen LogP contribution < -0.4 is 11.1 Å². The van der Waals surface area contributed by atoms with Crippen molar-refractivity contribution in [2.75, 3.05) is 0 Å². The zero-order chi connectivity index (χ0) is 29.2. The van der Waals surface area contributed by atoms with Crippen LogP contribution in [0.15, 0.2) is 60.7 Å². The third-order valence-electron chi connectivity index (χ3n) is 6.58. The molecule has 1 aliphatic rings. The van der Waals surface area contributed by atoms with E-state index < -0.39 is 41.4 Å². The normalized spacial score (nSPS) is 15.2. The highest BCUT2D eigenvalue weighted by Crippen LogP contribution is 2.43. The molecule has 10 heteroatoms. The summed E-state index contributed by atoms with van der Waals surface area (Å²) in [6.07, 6.45) is 0.0243. The van der Waals surface area contributed by atoms with Gasteiger partial charge in [-0.15, -0.1) is 0 Å². The summed E-state index contributed by atoms with van der Waals surface area (Å²) in [4.78, 5) is 40.6. The molecule has 210 valence electrons. The van der Waals surface area contributed by atoms with Gasteiger partial charge < -0.3 is 25.8 Å². The van der Waals surface area contributed by atoms with Crippen LogP contribution in [0.1, 0.15) is 71.9 Å². The van der Waals surface area contributed by atoms with Crippen LogP contribution in [-0.2, 0) is 22.5 Å². The van der Waals surface area contributed by atoms with Gasteiger partial charge in [-0.25, -0.2) is 9.18 Å². The van der Waals surface area contributed by atoms with Crippen molar-refractivity contribution in [3.05, 3.63) is 99.3 Å². The second kappa shape index (κ2) is 11.6. The molecule has 8 nitrogen and oxygen atoms in total. The Kier molecular flexibility index (Phi) is 8.34. The number of ether oxygens (including phenoxy) is 1. The molecular formula is C30H31ClFN3O5. The van der Waals surface area contributed by atoms with Gasteiger partial charge >= 0.3 is 6.09 Å². The topological polar surface area (TPSA) is 122 Å². The number of halogens is 2. The fourth-order valence-corrected chi connectivity index (χ4v) is 5.18. The molecule has 4 N–H and O–H groups in total. The van der Waals surface area contributed by atoms with E-state index in [2.05, 4.69) is 5.32 Å². The number of carbonyl (C=O) groups excluding carboxylic acids is 3. The number of hydrogen-bond donors (Lipinski definition) is 3. The Morgan fingerprint density at radius 3 is 2.55 bits per heavy atom. The lowest BCUT2D eigenvalue weighted by Gasteiger charge is -2.36. The van der Waals surface area contributed by atoms with Crippen molar-refractivity contribution in [3.63, 3.8) is 0 Å². The Bertz CT molecular complexity index is 1460. The lowest BCUT2D eigenvalue weighted by Crippen LogP contribution is -2.43. The average molecular weight is 568 g/mol. The van der Waals surface area contributed by atoms with Crippen molar-refractivity contribution in [2.45, 2.75) is 57.8 Å². The van der Waals surface area contributed by atoms with Gasteiger partial charge in [-0.3, -0.25) is 9.59 Å². The smallest absolute Gasteiger partial charge is 0.407 e. The van der Waals surface area contributed by atoms with E-state index in [1.54, 1.807) is 63.2 Å². The quantitative estimate of drug-likeness (QED) is 0.345. The van der Waals surface area contributed by atoms with Gasteiger partial charge in [-0.05, 0) is 80.1 Å². The molecule has 0 spiro atoms. The number of para-hydroxylation sites is 1. The summed E-state index contributed by atoms with van der Waals surface area (Å²) < 4.78 is 20.1. The van der Waals surface area contributed by atoms with Crippen LogP contribution in [0, 0.1) is 5.82 Å². The maximum Gasteiger partial charge on any atom is 0.407 e. The van der Waals surface area contributed by atoms with Gasteiger partial charge in [-0.1, -0.05) is 48.0 Å². The third-order valence-corrected chi connectivity index (χ3v) is 6.79. The summed E-state index contributed by atoms with van der Waals surface area (Å²) in [7, 11) is 0. The lowest BCUT2D eigenvalue weighted by molar-refractivity contribution is -0.123. The van der Waals surface area contributed by atoms with Crippen molar-refractivity contribution in [2.24, 2.45) is 5.73 Å². The van der Waals surface area contributed by atoms with Crippen molar-refractivity contribution >= 4 is 29.5 Å². The number of phenolic OH excluding ortho intramolecular Hbond substituents is 1. The van der Waals surface area contributed by atoms with Gasteiger partial charge in [0.2, 0.25) is 5.91 Å². The van der Waals surface area contributed by atoms with Gasteiger partial charge in [0.1, 0.15) is 23.2 Å². The fraction of sp³-hybridized carbons (Fsp3) is 0.300. The molecule has 0 bridgehead atoms. The van der Waals surface area contributed by atoms with Crippen molar-refractivity contribution < 1.29 is 28.6 Å². The van der Waals surface area contributed by atoms with E-state index in [1.807, 2.05) is 0 Å². The highest BCUT2D eigenvalue weighted by molar-refractivity contribution is 6.30. The van der Waals surface area contributed by atoms with Crippen molar-refractivity contribution in [3.8, 4) is 5.75 Å². The zero-order valence-corrected chi connectivity index (χ0v) is 23.2. The Morgan fingerprint density at radius 1 is 1.15 bits per heavy atom. The van der Waals surface area contributed by atoms with Crippen LogP contribution in [-0.4, -0.2) is 33.5 Å². The van der Waals surface area contributed by atoms with E-state index in [4.69, 9.17) is 22.1 Å². The van der Waals surface area contributed by atoms with Crippen molar-refractivity contribution in [1.82, 2.24) is 10.2 Å². The molecule has 0 unspecified atom stereocenters. The van der Waals surface area contributed by atoms with E-state index in [1.165, 1.54) is 23.1 Å². The summed E-state index contributed by atoms with van der Waals surface area (Å²) in [5.74, 6) is -2.24. The van der Waals surface area contributed by atoms with E-state index in [-0.39, 0.29) is 22.9 Å². The lowest BCUT2D eigenvalue weighted by atomic mass is 9.96. The van der Waals surface area contributed by atoms with Crippen LogP contribution in [0.25, 0.3) is 0 Å². The number of nitrogens with zero attached hydrogens (tertiary/aromatic N) is 1. The van der Waals surface area contributed by atoms with Gasteiger partial charge in [0.25, 0.3) is 5.91 Å². The van der Waals surface area contributed by atoms with Crippen LogP contribution in [0.2, 0.25) is 5.02 Å². The van der Waals surface area contributed by atoms with Gasteiger partial charge in [0.05, 0.1) is 11.6 Å². The standard InChI is InChI=1S/C30H31ClFN3O5/c1-30(2,3)40-29(39)34-16-17-7-6-8-18(13-17)26(27(33)37)35(28(38)21-9-4-5-10-25(21)36)24-12-11-20-22(24)14-19(31)15-23(20)32/h4-10,13-15,24,26,36H,11-12,16H2,1-3H3,(H2,33,37)(H,34,39)/t24-,26-/m1/s1. The predicted octanol–water partition coefficient (Wildman–Crippen LogP) is 5.57. The van der Waals surface area contributed by atoms with E-state index in [0.29, 0.717) is 35.1 Å². The number of rotatable bonds is 7. The molecule has 3 aromatic rings. The zero-order valence-electron chi connectivity index (χ0n) is 22.4. The Labute approximate surface area is 236 Å². The number of carbonyl (C=O) groups is 3. The SMILES string of the molecule is CC(C)(C)OC(=O)NCc1cccc([C@H](C(N)=O)N(C(=O)c2ccccc2O)[C@@H]2CCc3c(F)cc(Cl)cc32)c1. The molecule has 3 amide bonds. The largest absolute Gasteiger partial charge is 0.507 e. The molecule has 0 aromatic heterocycles. The minimum Gasteiger partial charge on any atom is -0.507 e. The number of phenols is 1. The number of benzene rings is 3.